The monoisotopic (exact) mass is 935 g/mol. The van der Waals surface area contributed by atoms with Crippen molar-refractivity contribution >= 4 is 0 Å². The molecule has 0 spiro atoms. The Balaban J connectivity index is 0.0000000892. The molecule has 0 nitrogen and oxygen atoms in total. The summed E-state index contributed by atoms with van der Waals surface area (Å²) < 4.78 is 0. The maximum Gasteiger partial charge on any atom is -0.0383 e. The molecule has 0 amide bonds. The maximum absolute atomic E-state index is 1.58. The molecule has 0 radical (unpaired) electrons. The molecular weight excluding hydrogens is 817 g/mol. The summed E-state index contributed by atoms with van der Waals surface area (Å²) in [5.74, 6) is 21.2. The summed E-state index contributed by atoms with van der Waals surface area (Å²) in [6.45, 7) is 0. The Hall–Kier alpha value is 0. The van der Waals surface area contributed by atoms with E-state index in [1.54, 1.807) is 250 Å². The molecule has 21 saturated carbocycles. The summed E-state index contributed by atoms with van der Waals surface area (Å²) in [5, 5.41) is 0. The van der Waals surface area contributed by atoms with Crippen molar-refractivity contribution in [3.63, 3.8) is 0 Å². The van der Waals surface area contributed by atoms with Gasteiger partial charge in [-0.25, -0.2) is 0 Å². The molecule has 21 fully saturated rings. The van der Waals surface area contributed by atoms with Gasteiger partial charge in [0.05, 0.1) is 0 Å². The van der Waals surface area contributed by atoms with E-state index in [2.05, 4.69) is 0 Å². The van der Waals surface area contributed by atoms with Crippen molar-refractivity contribution in [3.05, 3.63) is 0 Å². The van der Waals surface area contributed by atoms with Crippen LogP contribution in [0.3, 0.4) is 0 Å². The summed E-state index contributed by atoms with van der Waals surface area (Å²) in [4.78, 5) is 0. The van der Waals surface area contributed by atoms with Crippen LogP contribution < -0.4 is 0 Å². The molecule has 0 aliphatic heterocycles. The molecule has 0 N–H and O–H groups in total. The van der Waals surface area contributed by atoms with Gasteiger partial charge in [0.1, 0.15) is 0 Å². The maximum atomic E-state index is 1.58. The predicted octanol–water partition coefficient (Wildman–Crippen LogP) is 21.7. The smallest absolute Gasteiger partial charge is 0.0383 e. The van der Waals surface area contributed by atoms with Crippen LogP contribution in [0.1, 0.15) is 321 Å². The van der Waals surface area contributed by atoms with E-state index in [0.29, 0.717) is 0 Å². The van der Waals surface area contributed by atoms with E-state index in [4.69, 9.17) is 0 Å². The molecule has 8 unspecified atom stereocenters. The Morgan fingerprint density at radius 1 is 0.103 bits per heavy atom. The third kappa shape index (κ3) is 15.8. The first kappa shape index (κ1) is 51.5. The van der Waals surface area contributed by atoms with Crippen molar-refractivity contribution in [3.8, 4) is 0 Å². The lowest BCUT2D eigenvalue weighted by molar-refractivity contribution is 0.115. The first-order valence-electron chi connectivity index (χ1n) is 33.6. The van der Waals surface area contributed by atoms with Crippen LogP contribution in [-0.2, 0) is 0 Å². The van der Waals surface area contributed by atoms with Gasteiger partial charge in [-0.15, -0.1) is 0 Å². The lowest BCUT2D eigenvalue weighted by atomic mass is 9.65. The van der Waals surface area contributed by atoms with Gasteiger partial charge in [-0.2, -0.15) is 0 Å². The van der Waals surface area contributed by atoms with Crippen molar-refractivity contribution in [2.24, 2.45) is 107 Å². The molecule has 0 aromatic rings. The van der Waals surface area contributed by atoms with Gasteiger partial charge in [-0.05, 0) is 177 Å². The van der Waals surface area contributed by atoms with E-state index >= 15 is 0 Å². The summed E-state index contributed by atoms with van der Waals surface area (Å²) in [7, 11) is 0. The Kier molecular flexibility index (Phi) is 20.4. The zero-order chi connectivity index (χ0) is 45.7. The van der Waals surface area contributed by atoms with Gasteiger partial charge in [0.2, 0.25) is 0 Å². The highest BCUT2D eigenvalue weighted by Gasteiger charge is 2.39. The molecule has 21 aliphatic rings. The number of rotatable bonds is 0. The third-order valence-electron chi connectivity index (χ3n) is 25.0. The lowest BCUT2D eigenvalue weighted by Crippen LogP contribution is -2.28. The Bertz CT molecular complexity index is 1220. The molecule has 0 aromatic heterocycles. The van der Waals surface area contributed by atoms with Gasteiger partial charge in [0.25, 0.3) is 0 Å². The minimum absolute atomic E-state index is 1.15. The fourth-order valence-corrected chi connectivity index (χ4v) is 19.7. The van der Waals surface area contributed by atoms with Crippen LogP contribution in [0.2, 0.25) is 0 Å². The Labute approximate surface area is 425 Å². The molecule has 8 atom stereocenters. The fourth-order valence-electron chi connectivity index (χ4n) is 19.7. The average molecular weight is 936 g/mol. The van der Waals surface area contributed by atoms with Crippen LogP contribution in [-0.4, -0.2) is 0 Å². The minimum Gasteiger partial charge on any atom is -0.0530 e. The molecule has 0 saturated heterocycles. The highest BCUT2D eigenvalue weighted by Crippen LogP contribution is 2.51. The van der Waals surface area contributed by atoms with Crippen molar-refractivity contribution < 1.29 is 0 Å². The largest absolute Gasteiger partial charge is 0.0530 e. The molecule has 21 aliphatic carbocycles. The topological polar surface area (TPSA) is 0 Å². The Morgan fingerprint density at radius 3 is 0.544 bits per heavy atom. The summed E-state index contributed by atoms with van der Waals surface area (Å²) in [6.07, 6.45) is 77.8. The van der Waals surface area contributed by atoms with Gasteiger partial charge < -0.3 is 0 Å². The van der Waals surface area contributed by atoms with E-state index in [1.165, 1.54) is 153 Å². The van der Waals surface area contributed by atoms with E-state index in [9.17, 15) is 0 Å². The minimum atomic E-state index is 1.15. The molecule has 0 heteroatoms. The predicted molar refractivity (Wildman–Crippen MR) is 294 cm³/mol. The van der Waals surface area contributed by atoms with Gasteiger partial charge in [-0.3, -0.25) is 0 Å². The third-order valence-corrected chi connectivity index (χ3v) is 25.0. The summed E-state index contributed by atoms with van der Waals surface area (Å²) >= 11 is 0. The van der Waals surface area contributed by atoms with Crippen LogP contribution in [0.15, 0.2) is 0 Å². The van der Waals surface area contributed by atoms with Crippen LogP contribution in [0.4, 0.5) is 0 Å². The highest BCUT2D eigenvalue weighted by molar-refractivity contribution is 4.90. The van der Waals surface area contributed by atoms with Crippen molar-refractivity contribution in [1.29, 1.82) is 0 Å². The molecule has 68 heavy (non-hydrogen) atoms. The molecular formula is C68H118. The molecule has 0 heterocycles. The fraction of sp³-hybridized carbons (Fsp3) is 1.00. The number of hydrogen-bond donors (Lipinski definition) is 0. The summed E-state index contributed by atoms with van der Waals surface area (Å²) in [5.41, 5.74) is 0. The van der Waals surface area contributed by atoms with Crippen molar-refractivity contribution in [1.82, 2.24) is 0 Å². The molecule has 10 bridgehead atoms. The number of hydrogen-bond acceptors (Lipinski definition) is 0. The zero-order valence-electron chi connectivity index (χ0n) is 45.7. The van der Waals surface area contributed by atoms with Crippen LogP contribution in [0, 0.1) is 107 Å². The van der Waals surface area contributed by atoms with Crippen LogP contribution in [0.25, 0.3) is 0 Å². The second-order valence-electron chi connectivity index (χ2n) is 29.5. The van der Waals surface area contributed by atoms with E-state index in [-0.39, 0.29) is 0 Å². The van der Waals surface area contributed by atoms with E-state index < -0.39 is 0 Å². The average Bonchev–Trinajstić information content (AvgIpc) is 3.91. The first-order chi connectivity index (χ1) is 33.6. The van der Waals surface area contributed by atoms with Gasteiger partial charge in [-0.1, -0.05) is 250 Å². The van der Waals surface area contributed by atoms with Crippen molar-refractivity contribution in [2.45, 2.75) is 321 Å². The van der Waals surface area contributed by atoms with Crippen molar-refractivity contribution in [2.75, 3.05) is 0 Å². The van der Waals surface area contributed by atoms with Gasteiger partial charge >= 0.3 is 0 Å². The second kappa shape index (κ2) is 27.0. The van der Waals surface area contributed by atoms with Gasteiger partial charge in [0, 0.05) is 0 Å². The standard InChI is InChI=1S/5C8H14.4C7H12/c1-3-7-5-2-6-8(7)4-1;1-2-8-5-3-7(1)4-6-8;1-2-7-4-5-8(3-1)6-7;1-2-4-8-5-7(3-1)6-8;1-2-4-8-6-5-7(8)3-1;1-2-7-4-3-6(1)5-7;1-2-6-4-7(3-1)5-6;1-2-6-4-5-7(6)3-1;1-2-4-7-5-6(7)3-1/h5*7-8H,1-6H2;4*6-7H,1-5H2. The molecule has 21 rings (SSSR count). The number of fused-ring (bicyclic) bond motifs is 16. The second-order valence-corrected chi connectivity index (χ2v) is 29.5. The first-order valence-corrected chi connectivity index (χ1v) is 33.6. The quantitative estimate of drug-likeness (QED) is 0.227. The summed E-state index contributed by atoms with van der Waals surface area (Å²) in [6, 6.07) is 0. The van der Waals surface area contributed by atoms with Crippen LogP contribution >= 0.6 is 0 Å². The lowest BCUT2D eigenvalue weighted by Gasteiger charge is -2.40. The zero-order valence-corrected chi connectivity index (χ0v) is 45.7. The molecule has 390 valence electrons. The molecule has 0 aromatic carbocycles. The van der Waals surface area contributed by atoms with E-state index in [1.807, 2.05) is 0 Å². The van der Waals surface area contributed by atoms with Crippen LogP contribution in [0.5, 0.6) is 0 Å². The van der Waals surface area contributed by atoms with E-state index in [0.717, 1.165) is 23.7 Å². The van der Waals surface area contributed by atoms with Gasteiger partial charge in [0.15, 0.2) is 0 Å². The highest BCUT2D eigenvalue weighted by atomic mass is 14.4. The Morgan fingerprint density at radius 2 is 0.294 bits per heavy atom. The normalized spacial score (nSPS) is 46.2. The SMILES string of the molecule is C1CC2CC(C1)C2.C1CC2CCC(C1)C2.C1CC2CCC1C2.C1CC2CCC1CC2.C1CC2CCC2C1.C1CC2CCCC2C1.C1CCC2CC(C1)C2.C1CCC2CC2C1.C1CCC2CCC2C1.